The van der Waals surface area contributed by atoms with Gasteiger partial charge in [0.15, 0.2) is 0 Å². The van der Waals surface area contributed by atoms with Crippen LogP contribution in [-0.2, 0) is 0 Å². The smallest absolute Gasteiger partial charge is 0.253 e. The highest BCUT2D eigenvalue weighted by molar-refractivity contribution is 5.99. The first-order chi connectivity index (χ1) is 8.19. The van der Waals surface area contributed by atoms with Crippen molar-refractivity contribution >= 4 is 11.6 Å². The normalized spacial score (nSPS) is 7.94. The maximum atomic E-state index is 12.8. The van der Waals surface area contributed by atoms with Crippen LogP contribution in [-0.4, -0.2) is 20.0 Å². The number of hydrogen-bond acceptors (Lipinski definition) is 2. The zero-order valence-corrected chi connectivity index (χ0v) is 11.5. The Kier molecular flexibility index (Phi) is 11.4. The van der Waals surface area contributed by atoms with E-state index in [0.717, 1.165) is 0 Å². The van der Waals surface area contributed by atoms with Crippen LogP contribution in [0.15, 0.2) is 18.2 Å². The van der Waals surface area contributed by atoms with Crippen molar-refractivity contribution in [1.29, 1.82) is 0 Å². The van der Waals surface area contributed by atoms with Gasteiger partial charge in [0.05, 0.1) is 5.56 Å². The lowest BCUT2D eigenvalue weighted by Gasteiger charge is -2.07. The van der Waals surface area contributed by atoms with E-state index in [-0.39, 0.29) is 5.91 Å². The highest BCUT2D eigenvalue weighted by atomic mass is 19.1. The molecule has 17 heavy (non-hydrogen) atoms. The quantitative estimate of drug-likeness (QED) is 0.835. The Morgan fingerprint density at radius 1 is 1.12 bits per heavy atom. The van der Waals surface area contributed by atoms with E-state index >= 15 is 0 Å². The van der Waals surface area contributed by atoms with Gasteiger partial charge in [-0.25, -0.2) is 4.39 Å². The zero-order valence-electron chi connectivity index (χ0n) is 11.5. The molecule has 0 saturated carbocycles. The van der Waals surface area contributed by atoms with E-state index < -0.39 is 5.82 Å². The van der Waals surface area contributed by atoms with Crippen molar-refractivity contribution in [3.63, 3.8) is 0 Å². The highest BCUT2D eigenvalue weighted by Gasteiger charge is 2.09. The molecule has 1 aromatic rings. The van der Waals surface area contributed by atoms with Gasteiger partial charge in [-0.15, -0.1) is 0 Å². The first-order valence-corrected chi connectivity index (χ1v) is 5.88. The molecule has 2 N–H and O–H groups in total. The average molecular weight is 242 g/mol. The molecule has 1 rings (SSSR count). The van der Waals surface area contributed by atoms with Gasteiger partial charge < -0.3 is 10.6 Å². The Hall–Kier alpha value is -1.58. The van der Waals surface area contributed by atoms with Crippen LogP contribution in [0.25, 0.3) is 0 Å². The van der Waals surface area contributed by atoms with Crippen LogP contribution in [0.4, 0.5) is 10.1 Å². The fourth-order valence-electron chi connectivity index (χ4n) is 1.06. The van der Waals surface area contributed by atoms with Gasteiger partial charge in [0.1, 0.15) is 5.82 Å². The second kappa shape index (κ2) is 10.9. The number of carbonyl (C=O) groups is 1. The Morgan fingerprint density at radius 3 is 2.06 bits per heavy atom. The van der Waals surface area contributed by atoms with E-state index in [9.17, 15) is 9.18 Å². The molecular formula is C13H23FN2O. The van der Waals surface area contributed by atoms with Crippen molar-refractivity contribution in [2.75, 3.05) is 19.4 Å². The van der Waals surface area contributed by atoms with E-state index in [1.54, 1.807) is 7.05 Å². The topological polar surface area (TPSA) is 41.1 Å². The number of benzene rings is 1. The van der Waals surface area contributed by atoms with Crippen molar-refractivity contribution in [2.45, 2.75) is 27.7 Å². The molecule has 0 aliphatic heterocycles. The van der Waals surface area contributed by atoms with Gasteiger partial charge in [-0.2, -0.15) is 0 Å². The molecule has 0 bridgehead atoms. The van der Waals surface area contributed by atoms with Gasteiger partial charge >= 0.3 is 0 Å². The van der Waals surface area contributed by atoms with Crippen LogP contribution in [0.2, 0.25) is 0 Å². The molecule has 0 saturated heterocycles. The molecule has 0 radical (unpaired) electrons. The second-order valence-electron chi connectivity index (χ2n) is 2.52. The molecule has 1 amide bonds. The maximum absolute atomic E-state index is 12.8. The minimum absolute atomic E-state index is 0.302. The number of amides is 1. The van der Waals surface area contributed by atoms with Gasteiger partial charge in [0.2, 0.25) is 0 Å². The summed E-state index contributed by atoms with van der Waals surface area (Å²) in [6.45, 7) is 8.00. The van der Waals surface area contributed by atoms with E-state index in [1.165, 1.54) is 25.2 Å². The van der Waals surface area contributed by atoms with Crippen LogP contribution >= 0.6 is 0 Å². The van der Waals surface area contributed by atoms with Gasteiger partial charge in [-0.1, -0.05) is 27.7 Å². The molecule has 0 aliphatic carbocycles. The summed E-state index contributed by atoms with van der Waals surface area (Å²) in [5, 5.41) is 5.25. The number of anilines is 1. The number of carbonyl (C=O) groups excluding carboxylic acids is 1. The molecule has 0 spiro atoms. The Balaban J connectivity index is 0. The van der Waals surface area contributed by atoms with E-state index in [2.05, 4.69) is 10.6 Å². The van der Waals surface area contributed by atoms with Crippen molar-refractivity contribution in [2.24, 2.45) is 0 Å². The Morgan fingerprint density at radius 2 is 1.65 bits per heavy atom. The van der Waals surface area contributed by atoms with E-state index in [0.29, 0.717) is 11.3 Å². The van der Waals surface area contributed by atoms with Crippen molar-refractivity contribution in [1.82, 2.24) is 5.32 Å². The van der Waals surface area contributed by atoms with Gasteiger partial charge in [-0.05, 0) is 18.2 Å². The van der Waals surface area contributed by atoms with E-state index in [1.807, 2.05) is 27.7 Å². The predicted octanol–water partition coefficient (Wildman–Crippen LogP) is 3.28. The lowest BCUT2D eigenvalue weighted by atomic mass is 10.1. The molecule has 0 atom stereocenters. The SMILES string of the molecule is CC.CC.CNC(=O)c1cc(F)ccc1NC. The zero-order chi connectivity index (χ0) is 13.8. The summed E-state index contributed by atoms with van der Waals surface area (Å²) in [6.07, 6.45) is 0. The summed E-state index contributed by atoms with van der Waals surface area (Å²) >= 11 is 0. The summed E-state index contributed by atoms with van der Waals surface area (Å²) in [6, 6.07) is 4.03. The molecule has 4 heteroatoms. The van der Waals surface area contributed by atoms with Gasteiger partial charge in [-0.3, -0.25) is 4.79 Å². The molecular weight excluding hydrogens is 219 g/mol. The monoisotopic (exact) mass is 242 g/mol. The van der Waals surface area contributed by atoms with Crippen LogP contribution in [0.3, 0.4) is 0 Å². The van der Waals surface area contributed by atoms with Crippen molar-refractivity contribution in [3.05, 3.63) is 29.6 Å². The first kappa shape index (κ1) is 17.8. The minimum atomic E-state index is -0.419. The first-order valence-electron chi connectivity index (χ1n) is 5.88. The maximum Gasteiger partial charge on any atom is 0.253 e. The predicted molar refractivity (Wildman–Crippen MR) is 72.0 cm³/mol. The third-order valence-electron chi connectivity index (χ3n) is 1.72. The third kappa shape index (κ3) is 5.90. The largest absolute Gasteiger partial charge is 0.387 e. The molecule has 0 aliphatic rings. The number of halogens is 1. The van der Waals surface area contributed by atoms with Gasteiger partial charge in [0, 0.05) is 19.8 Å². The number of rotatable bonds is 2. The molecule has 0 unspecified atom stereocenters. The molecule has 0 aromatic heterocycles. The summed E-state index contributed by atoms with van der Waals surface area (Å²) < 4.78 is 12.8. The van der Waals surface area contributed by atoms with Crippen LogP contribution in [0.5, 0.6) is 0 Å². The van der Waals surface area contributed by atoms with Crippen LogP contribution < -0.4 is 10.6 Å². The minimum Gasteiger partial charge on any atom is -0.387 e. The average Bonchev–Trinajstić information content (AvgIpc) is 2.42. The standard InChI is InChI=1S/C9H11FN2O.2C2H6/c1-11-8-4-3-6(10)5-7(8)9(13)12-2;2*1-2/h3-5,11H,1-2H3,(H,12,13);2*1-2H3. The fourth-order valence-corrected chi connectivity index (χ4v) is 1.06. The molecule has 0 fully saturated rings. The fraction of sp³-hybridized carbons (Fsp3) is 0.462. The van der Waals surface area contributed by atoms with Gasteiger partial charge in [0.25, 0.3) is 5.91 Å². The van der Waals surface area contributed by atoms with Crippen molar-refractivity contribution in [3.8, 4) is 0 Å². The number of hydrogen-bond donors (Lipinski definition) is 2. The third-order valence-corrected chi connectivity index (χ3v) is 1.72. The van der Waals surface area contributed by atoms with Crippen LogP contribution in [0, 0.1) is 5.82 Å². The lowest BCUT2D eigenvalue weighted by Crippen LogP contribution is -2.19. The van der Waals surface area contributed by atoms with Crippen molar-refractivity contribution < 1.29 is 9.18 Å². The van der Waals surface area contributed by atoms with E-state index in [4.69, 9.17) is 0 Å². The molecule has 3 nitrogen and oxygen atoms in total. The Bertz CT molecular complexity index is 327. The molecule has 98 valence electrons. The molecule has 1 aromatic carbocycles. The van der Waals surface area contributed by atoms with Crippen LogP contribution in [0.1, 0.15) is 38.1 Å². The summed E-state index contributed by atoms with van der Waals surface area (Å²) in [7, 11) is 3.19. The summed E-state index contributed by atoms with van der Waals surface area (Å²) in [4.78, 5) is 11.2. The Labute approximate surface area is 103 Å². The summed E-state index contributed by atoms with van der Waals surface area (Å²) in [5.74, 6) is -0.721. The highest BCUT2D eigenvalue weighted by Crippen LogP contribution is 2.15. The number of nitrogens with one attached hydrogen (secondary N) is 2. The molecule has 0 heterocycles. The lowest BCUT2D eigenvalue weighted by molar-refractivity contribution is 0.0963. The summed E-state index contributed by atoms with van der Waals surface area (Å²) in [5.41, 5.74) is 0.922. The second-order valence-corrected chi connectivity index (χ2v) is 2.52.